The zero-order chi connectivity index (χ0) is 6.41. The normalized spacial score (nSPS) is 9.50. The Morgan fingerprint density at radius 3 is 2.75 bits per heavy atom. The van der Waals surface area contributed by atoms with Gasteiger partial charge in [0.2, 0.25) is 0 Å². The van der Waals surface area contributed by atoms with Gasteiger partial charge < -0.3 is 5.11 Å². The molecule has 0 aliphatic heterocycles. The summed E-state index contributed by atoms with van der Waals surface area (Å²) in [4.78, 5) is 0. The Balaban J connectivity index is 3.34. The van der Waals surface area contributed by atoms with E-state index in [-0.39, 0.29) is 5.05 Å². The van der Waals surface area contributed by atoms with Gasteiger partial charge in [-0.2, -0.15) is 0 Å². The molecule has 0 heterocycles. The monoisotopic (exact) mass is 128 g/mol. The first-order valence-corrected chi connectivity index (χ1v) is 2.68. The van der Waals surface area contributed by atoms with Crippen LogP contribution in [0, 0.1) is 0 Å². The predicted octanol–water partition coefficient (Wildman–Crippen LogP) is 2.00. The Bertz CT molecular complexity index is 116. The van der Waals surface area contributed by atoms with Gasteiger partial charge in [0.05, 0.1) is 0 Å². The fraction of sp³-hybridized carbons (Fsp3) is 0.167. The summed E-state index contributed by atoms with van der Waals surface area (Å²) in [6.45, 7) is 3.48. The van der Waals surface area contributed by atoms with Crippen LogP contribution < -0.4 is 0 Å². The average Bonchev–Trinajstić information content (AvgIpc) is 1.66. The molecule has 0 saturated carbocycles. The summed E-state index contributed by atoms with van der Waals surface area (Å²) in [7, 11) is 0. The molecule has 0 aliphatic rings. The second kappa shape index (κ2) is 4.53. The van der Waals surface area contributed by atoms with Gasteiger partial charge in [-0.3, -0.25) is 0 Å². The van der Waals surface area contributed by atoms with Crippen LogP contribution in [0.15, 0.2) is 24.8 Å². The Morgan fingerprint density at radius 2 is 2.38 bits per heavy atom. The van der Waals surface area contributed by atoms with E-state index < -0.39 is 0 Å². The molecule has 0 aromatic heterocycles. The molecule has 0 aliphatic carbocycles. The van der Waals surface area contributed by atoms with Gasteiger partial charge in [-0.15, -0.1) is 6.58 Å². The van der Waals surface area contributed by atoms with E-state index in [1.165, 1.54) is 6.08 Å². The number of allylic oxidation sites excluding steroid dienone is 2. The lowest BCUT2D eigenvalue weighted by atomic mass is 10.4. The highest BCUT2D eigenvalue weighted by Gasteiger charge is 1.74. The van der Waals surface area contributed by atoms with E-state index in [9.17, 15) is 0 Å². The quantitative estimate of drug-likeness (QED) is 0.356. The van der Waals surface area contributed by atoms with Crippen molar-refractivity contribution < 1.29 is 5.11 Å². The van der Waals surface area contributed by atoms with Crippen molar-refractivity contribution in [2.75, 3.05) is 0 Å². The highest BCUT2D eigenvalue weighted by atomic mass is 32.1. The number of aliphatic hydroxyl groups excluding tert-OH is 1. The van der Waals surface area contributed by atoms with Gasteiger partial charge >= 0.3 is 0 Å². The fourth-order valence-corrected chi connectivity index (χ4v) is 0.361. The van der Waals surface area contributed by atoms with Crippen molar-refractivity contribution >= 4 is 17.3 Å². The summed E-state index contributed by atoms with van der Waals surface area (Å²) in [5.41, 5.74) is 0. The van der Waals surface area contributed by atoms with Crippen molar-refractivity contribution in [3.63, 3.8) is 0 Å². The number of rotatable bonds is 3. The molecule has 0 saturated heterocycles. The fourth-order valence-electron chi connectivity index (χ4n) is 0.265. The van der Waals surface area contributed by atoms with E-state index in [0.29, 0.717) is 0 Å². The molecule has 2 heteroatoms. The minimum atomic E-state index is -0.0770. The lowest BCUT2D eigenvalue weighted by molar-refractivity contribution is 0.574. The van der Waals surface area contributed by atoms with Gasteiger partial charge in [0.25, 0.3) is 0 Å². The molecular weight excluding hydrogens is 120 g/mol. The van der Waals surface area contributed by atoms with Crippen LogP contribution in [0.2, 0.25) is 0 Å². The molecule has 0 aromatic carbocycles. The van der Waals surface area contributed by atoms with Crippen molar-refractivity contribution in [2.24, 2.45) is 0 Å². The van der Waals surface area contributed by atoms with Gasteiger partial charge in [0, 0.05) is 0 Å². The van der Waals surface area contributed by atoms with Crippen molar-refractivity contribution in [1.82, 2.24) is 0 Å². The molecule has 0 fully saturated rings. The van der Waals surface area contributed by atoms with Crippen molar-refractivity contribution in [3.8, 4) is 0 Å². The maximum Gasteiger partial charge on any atom is 0.180 e. The first kappa shape index (κ1) is 7.37. The summed E-state index contributed by atoms with van der Waals surface area (Å²) in [5.74, 6) is 0. The topological polar surface area (TPSA) is 20.2 Å². The molecule has 0 atom stereocenters. The van der Waals surface area contributed by atoms with Crippen LogP contribution in [-0.2, 0) is 0 Å². The van der Waals surface area contributed by atoms with Gasteiger partial charge in [-0.25, -0.2) is 0 Å². The lowest BCUT2D eigenvalue weighted by Crippen LogP contribution is -1.80. The maximum absolute atomic E-state index is 8.39. The Morgan fingerprint density at radius 1 is 1.75 bits per heavy atom. The van der Waals surface area contributed by atoms with Gasteiger partial charge in [-0.1, -0.05) is 12.2 Å². The third-order valence-corrected chi connectivity index (χ3v) is 0.699. The van der Waals surface area contributed by atoms with Crippen LogP contribution in [-0.4, -0.2) is 10.2 Å². The highest BCUT2D eigenvalue weighted by molar-refractivity contribution is 7.80. The van der Waals surface area contributed by atoms with Gasteiger partial charge in [0.1, 0.15) is 0 Å². The Labute approximate surface area is 54.3 Å². The molecule has 0 rings (SSSR count). The molecule has 1 N–H and O–H groups in total. The van der Waals surface area contributed by atoms with E-state index in [4.69, 9.17) is 5.11 Å². The van der Waals surface area contributed by atoms with E-state index in [1.54, 1.807) is 12.2 Å². The first-order chi connectivity index (χ1) is 3.77. The molecular formula is C6H8OS. The maximum atomic E-state index is 8.39. The van der Waals surface area contributed by atoms with Crippen LogP contribution in [0.3, 0.4) is 0 Å². The Kier molecular flexibility index (Phi) is 4.17. The highest BCUT2D eigenvalue weighted by Crippen LogP contribution is 1.82. The SMILES string of the molecule is C=CCC=CC(O)=S. The number of aliphatic hydroxyl groups is 1. The van der Waals surface area contributed by atoms with E-state index >= 15 is 0 Å². The molecule has 0 spiro atoms. The van der Waals surface area contributed by atoms with Crippen LogP contribution >= 0.6 is 12.2 Å². The predicted molar refractivity (Wildman–Crippen MR) is 39.2 cm³/mol. The van der Waals surface area contributed by atoms with Crippen LogP contribution in [0.1, 0.15) is 6.42 Å². The molecule has 0 bridgehead atoms. The second-order valence-corrected chi connectivity index (χ2v) is 1.68. The molecule has 0 aromatic rings. The van der Waals surface area contributed by atoms with E-state index in [1.807, 2.05) is 0 Å². The van der Waals surface area contributed by atoms with Crippen molar-refractivity contribution in [1.29, 1.82) is 0 Å². The zero-order valence-electron chi connectivity index (χ0n) is 4.50. The molecule has 8 heavy (non-hydrogen) atoms. The smallest absolute Gasteiger partial charge is 0.180 e. The molecule has 44 valence electrons. The van der Waals surface area contributed by atoms with Crippen LogP contribution in [0.4, 0.5) is 0 Å². The zero-order valence-corrected chi connectivity index (χ0v) is 5.32. The third-order valence-electron chi connectivity index (χ3n) is 0.563. The standard InChI is InChI=1S/C6H8OS/c1-2-3-4-5-6(7)8/h2,4-5H,1,3H2,(H,7,8). The van der Waals surface area contributed by atoms with Gasteiger partial charge in [-0.05, 0) is 24.7 Å². The second-order valence-electron chi connectivity index (χ2n) is 1.26. The number of hydrogen-bond acceptors (Lipinski definition) is 1. The summed E-state index contributed by atoms with van der Waals surface area (Å²) < 4.78 is 0. The molecule has 1 nitrogen and oxygen atoms in total. The van der Waals surface area contributed by atoms with E-state index in [0.717, 1.165) is 6.42 Å². The number of thiocarbonyl (C=S) groups is 1. The lowest BCUT2D eigenvalue weighted by Gasteiger charge is -1.78. The minimum Gasteiger partial charge on any atom is -0.499 e. The van der Waals surface area contributed by atoms with Crippen molar-refractivity contribution in [2.45, 2.75) is 6.42 Å². The number of hydrogen-bond donors (Lipinski definition) is 1. The van der Waals surface area contributed by atoms with Crippen LogP contribution in [0.5, 0.6) is 0 Å². The molecule has 0 unspecified atom stereocenters. The average molecular weight is 128 g/mol. The van der Waals surface area contributed by atoms with Crippen molar-refractivity contribution in [3.05, 3.63) is 24.8 Å². The largest absolute Gasteiger partial charge is 0.499 e. The first-order valence-electron chi connectivity index (χ1n) is 2.27. The van der Waals surface area contributed by atoms with Crippen LogP contribution in [0.25, 0.3) is 0 Å². The molecule has 0 amide bonds. The summed E-state index contributed by atoms with van der Waals surface area (Å²) in [6.07, 6.45) is 5.70. The summed E-state index contributed by atoms with van der Waals surface area (Å²) in [6, 6.07) is 0. The minimum absolute atomic E-state index is 0.0770. The summed E-state index contributed by atoms with van der Waals surface area (Å²) in [5, 5.41) is 8.31. The van der Waals surface area contributed by atoms with Gasteiger partial charge in [0.15, 0.2) is 5.05 Å². The molecule has 0 radical (unpaired) electrons. The summed E-state index contributed by atoms with van der Waals surface area (Å²) >= 11 is 4.34. The van der Waals surface area contributed by atoms with E-state index in [2.05, 4.69) is 18.8 Å². The Hall–Kier alpha value is -0.630. The third kappa shape index (κ3) is 5.37.